The van der Waals surface area contributed by atoms with Crippen molar-refractivity contribution in [3.05, 3.63) is 63.9 Å². The van der Waals surface area contributed by atoms with Crippen LogP contribution >= 0.6 is 11.3 Å². The number of hydrogen-bond donors (Lipinski definition) is 2. The van der Waals surface area contributed by atoms with E-state index in [0.717, 1.165) is 16.3 Å². The molecule has 1 aromatic carbocycles. The SMILES string of the molecule is CCOC(=O)c1sc(C(C)NC(=NC)NCc2ccccc2-n2cccn2)nc1C. The summed E-state index contributed by atoms with van der Waals surface area (Å²) in [5.41, 5.74) is 2.78. The Balaban J connectivity index is 1.66. The first-order chi connectivity index (χ1) is 14.5. The van der Waals surface area contributed by atoms with Crippen molar-refractivity contribution in [2.75, 3.05) is 13.7 Å². The van der Waals surface area contributed by atoms with Crippen molar-refractivity contribution in [2.24, 2.45) is 4.99 Å². The lowest BCUT2D eigenvalue weighted by Gasteiger charge is -2.17. The number of carbonyl (C=O) groups is 1. The summed E-state index contributed by atoms with van der Waals surface area (Å²) in [5, 5.41) is 11.8. The van der Waals surface area contributed by atoms with Gasteiger partial charge in [0.2, 0.25) is 0 Å². The van der Waals surface area contributed by atoms with Crippen molar-refractivity contribution >= 4 is 23.3 Å². The van der Waals surface area contributed by atoms with Crippen LogP contribution in [0.25, 0.3) is 5.69 Å². The average Bonchev–Trinajstić information content (AvgIpc) is 3.41. The first-order valence-corrected chi connectivity index (χ1v) is 10.5. The van der Waals surface area contributed by atoms with Crippen LogP contribution in [0.3, 0.4) is 0 Å². The minimum atomic E-state index is -0.330. The Kier molecular flexibility index (Phi) is 7.18. The van der Waals surface area contributed by atoms with E-state index in [4.69, 9.17) is 4.74 Å². The van der Waals surface area contributed by atoms with E-state index in [1.807, 2.05) is 49.0 Å². The van der Waals surface area contributed by atoms with Crippen molar-refractivity contribution in [2.45, 2.75) is 33.4 Å². The van der Waals surface area contributed by atoms with Crippen LogP contribution in [-0.4, -0.2) is 40.3 Å². The van der Waals surface area contributed by atoms with Gasteiger partial charge < -0.3 is 15.4 Å². The first kappa shape index (κ1) is 21.5. The third-order valence-electron chi connectivity index (χ3n) is 4.41. The molecule has 9 heteroatoms. The van der Waals surface area contributed by atoms with E-state index in [1.54, 1.807) is 20.2 Å². The van der Waals surface area contributed by atoms with Gasteiger partial charge in [0, 0.05) is 26.0 Å². The number of aryl methyl sites for hydroxylation is 1. The van der Waals surface area contributed by atoms with Gasteiger partial charge in [0.05, 0.1) is 24.0 Å². The summed E-state index contributed by atoms with van der Waals surface area (Å²) in [6.45, 7) is 6.51. The lowest BCUT2D eigenvalue weighted by atomic mass is 10.2. The minimum absolute atomic E-state index is 0.121. The molecule has 8 nitrogen and oxygen atoms in total. The second-order valence-electron chi connectivity index (χ2n) is 6.56. The molecule has 0 saturated heterocycles. The number of thiazole rings is 1. The van der Waals surface area contributed by atoms with E-state index in [2.05, 4.69) is 31.8 Å². The van der Waals surface area contributed by atoms with Gasteiger partial charge in [-0.1, -0.05) is 18.2 Å². The van der Waals surface area contributed by atoms with Crippen molar-refractivity contribution in [3.63, 3.8) is 0 Å². The molecule has 0 fully saturated rings. The van der Waals surface area contributed by atoms with E-state index >= 15 is 0 Å². The summed E-state index contributed by atoms with van der Waals surface area (Å²) in [7, 11) is 1.72. The van der Waals surface area contributed by atoms with Crippen LogP contribution in [0.4, 0.5) is 0 Å². The molecule has 2 heterocycles. The summed E-state index contributed by atoms with van der Waals surface area (Å²) < 4.78 is 6.94. The number of ether oxygens (including phenoxy) is 1. The van der Waals surface area contributed by atoms with Crippen LogP contribution in [0.1, 0.15) is 45.8 Å². The van der Waals surface area contributed by atoms with Crippen LogP contribution in [0.15, 0.2) is 47.7 Å². The molecular weight excluding hydrogens is 400 g/mol. The molecule has 0 spiro atoms. The monoisotopic (exact) mass is 426 g/mol. The zero-order chi connectivity index (χ0) is 21.5. The number of aliphatic imine (C=N–C) groups is 1. The van der Waals surface area contributed by atoms with E-state index < -0.39 is 0 Å². The maximum atomic E-state index is 12.1. The van der Waals surface area contributed by atoms with E-state index in [9.17, 15) is 4.79 Å². The Hall–Kier alpha value is -3.20. The van der Waals surface area contributed by atoms with Crippen LogP contribution in [-0.2, 0) is 11.3 Å². The summed E-state index contributed by atoms with van der Waals surface area (Å²) in [5.74, 6) is 0.312. The Morgan fingerprint density at radius 3 is 2.83 bits per heavy atom. The van der Waals surface area contributed by atoms with Crippen molar-refractivity contribution in [3.8, 4) is 5.69 Å². The van der Waals surface area contributed by atoms with Crippen LogP contribution < -0.4 is 10.6 Å². The molecule has 1 atom stereocenters. The minimum Gasteiger partial charge on any atom is -0.462 e. The van der Waals surface area contributed by atoms with E-state index in [1.165, 1.54) is 11.3 Å². The Bertz CT molecular complexity index is 1010. The van der Waals surface area contributed by atoms with Gasteiger partial charge in [-0.05, 0) is 38.5 Å². The zero-order valence-corrected chi connectivity index (χ0v) is 18.4. The molecule has 158 valence electrons. The number of benzene rings is 1. The van der Waals surface area contributed by atoms with Gasteiger partial charge in [-0.15, -0.1) is 11.3 Å². The molecular formula is C21H26N6O2S. The molecule has 1 unspecified atom stereocenters. The Morgan fingerprint density at radius 1 is 1.33 bits per heavy atom. The quantitative estimate of drug-likeness (QED) is 0.342. The highest BCUT2D eigenvalue weighted by Crippen LogP contribution is 2.24. The molecule has 30 heavy (non-hydrogen) atoms. The fourth-order valence-electron chi connectivity index (χ4n) is 2.92. The van der Waals surface area contributed by atoms with Crippen LogP contribution in [0.2, 0.25) is 0 Å². The lowest BCUT2D eigenvalue weighted by Crippen LogP contribution is -2.38. The van der Waals surface area contributed by atoms with Gasteiger partial charge in [-0.25, -0.2) is 14.5 Å². The van der Waals surface area contributed by atoms with Gasteiger partial charge in [-0.2, -0.15) is 5.10 Å². The predicted octanol–water partition coefficient (Wildman–Crippen LogP) is 3.24. The van der Waals surface area contributed by atoms with Crippen molar-refractivity contribution in [1.29, 1.82) is 0 Å². The average molecular weight is 427 g/mol. The largest absolute Gasteiger partial charge is 0.462 e. The summed E-state index contributed by atoms with van der Waals surface area (Å²) in [4.78, 5) is 21.4. The topological polar surface area (TPSA) is 93.4 Å². The highest BCUT2D eigenvalue weighted by atomic mass is 32.1. The fourth-order valence-corrected chi connectivity index (χ4v) is 3.89. The molecule has 0 aliphatic carbocycles. The molecule has 2 N–H and O–H groups in total. The maximum absolute atomic E-state index is 12.1. The second-order valence-corrected chi connectivity index (χ2v) is 7.59. The van der Waals surface area contributed by atoms with Crippen molar-refractivity contribution in [1.82, 2.24) is 25.4 Å². The molecule has 0 aliphatic heterocycles. The van der Waals surface area contributed by atoms with E-state index in [0.29, 0.717) is 29.7 Å². The second kappa shape index (κ2) is 10.0. The van der Waals surface area contributed by atoms with Gasteiger partial charge >= 0.3 is 5.97 Å². The van der Waals surface area contributed by atoms with Gasteiger partial charge in [0.15, 0.2) is 5.96 Å². The molecule has 3 rings (SSSR count). The molecule has 0 aliphatic rings. The fraction of sp³-hybridized carbons (Fsp3) is 0.333. The number of rotatable bonds is 7. The van der Waals surface area contributed by atoms with Crippen LogP contribution in [0.5, 0.6) is 0 Å². The molecule has 0 radical (unpaired) electrons. The molecule has 2 aromatic heterocycles. The number of para-hydroxylation sites is 1. The number of carbonyl (C=O) groups excluding carboxylic acids is 1. The van der Waals surface area contributed by atoms with Gasteiger partial charge in [0.25, 0.3) is 0 Å². The Labute approximate surface area is 180 Å². The van der Waals surface area contributed by atoms with E-state index in [-0.39, 0.29) is 12.0 Å². The standard InChI is InChI=1S/C21H26N6O2S/c1-5-29-20(28)18-14(2)25-19(30-18)15(3)26-21(22-4)23-13-16-9-6-7-10-17(16)27-12-8-11-24-27/h6-12,15H,5,13H2,1-4H3,(H2,22,23,26). The lowest BCUT2D eigenvalue weighted by molar-refractivity contribution is 0.0531. The first-order valence-electron chi connectivity index (χ1n) is 9.73. The molecule has 3 aromatic rings. The predicted molar refractivity (Wildman–Crippen MR) is 118 cm³/mol. The molecule has 0 bridgehead atoms. The highest BCUT2D eigenvalue weighted by molar-refractivity contribution is 7.13. The zero-order valence-electron chi connectivity index (χ0n) is 17.5. The number of hydrogen-bond acceptors (Lipinski definition) is 6. The molecule has 0 saturated carbocycles. The third kappa shape index (κ3) is 5.04. The highest BCUT2D eigenvalue weighted by Gasteiger charge is 2.20. The van der Waals surface area contributed by atoms with Crippen LogP contribution in [0, 0.1) is 6.92 Å². The van der Waals surface area contributed by atoms with Gasteiger partial charge in [-0.3, -0.25) is 4.99 Å². The number of esters is 1. The number of aromatic nitrogens is 3. The molecule has 0 amide bonds. The summed E-state index contributed by atoms with van der Waals surface area (Å²) in [6.07, 6.45) is 3.67. The smallest absolute Gasteiger partial charge is 0.350 e. The van der Waals surface area contributed by atoms with Crippen molar-refractivity contribution < 1.29 is 9.53 Å². The van der Waals surface area contributed by atoms with Gasteiger partial charge in [0.1, 0.15) is 9.88 Å². The maximum Gasteiger partial charge on any atom is 0.350 e. The summed E-state index contributed by atoms with van der Waals surface area (Å²) >= 11 is 1.34. The number of nitrogens with zero attached hydrogens (tertiary/aromatic N) is 4. The third-order valence-corrected chi connectivity index (χ3v) is 5.73. The number of nitrogens with one attached hydrogen (secondary N) is 2. The normalized spacial score (nSPS) is 12.5. The Morgan fingerprint density at radius 2 is 2.13 bits per heavy atom. The summed E-state index contributed by atoms with van der Waals surface area (Å²) in [6, 6.07) is 9.84. The number of guanidine groups is 1.